The van der Waals surface area contributed by atoms with E-state index in [2.05, 4.69) is 5.32 Å². The largest absolute Gasteiger partial charge is 0.396 e. The van der Waals surface area contributed by atoms with Gasteiger partial charge in [-0.15, -0.1) is 0 Å². The zero-order valence-corrected chi connectivity index (χ0v) is 9.58. The van der Waals surface area contributed by atoms with Gasteiger partial charge >= 0.3 is 0 Å². The van der Waals surface area contributed by atoms with Gasteiger partial charge in [-0.1, -0.05) is 0 Å². The molecule has 0 spiro atoms. The van der Waals surface area contributed by atoms with Crippen molar-refractivity contribution in [1.82, 2.24) is 0 Å². The molecule has 0 saturated heterocycles. The topological polar surface area (TPSA) is 55.1 Å². The van der Waals surface area contributed by atoms with Crippen molar-refractivity contribution in [1.29, 1.82) is 0 Å². The monoisotopic (exact) mass is 266 g/mol. The summed E-state index contributed by atoms with van der Waals surface area (Å²) in [7, 11) is 0. The Labute approximate surface area is 106 Å². The summed E-state index contributed by atoms with van der Waals surface area (Å²) < 4.78 is 39.2. The molecule has 0 atom stereocenters. The molecular weight excluding hydrogens is 257 g/mol. The summed E-state index contributed by atoms with van der Waals surface area (Å²) in [6, 6.07) is 6.18. The number of hydrogen-bond acceptors (Lipinski definition) is 2. The van der Waals surface area contributed by atoms with Crippen molar-refractivity contribution >= 4 is 17.3 Å². The van der Waals surface area contributed by atoms with Crippen LogP contribution in [-0.2, 0) is 0 Å². The van der Waals surface area contributed by atoms with E-state index in [1.54, 1.807) is 0 Å². The lowest BCUT2D eigenvalue weighted by molar-refractivity contribution is 0.102. The van der Waals surface area contributed by atoms with Gasteiger partial charge in [0.05, 0.1) is 11.4 Å². The Morgan fingerprint density at radius 1 is 1.00 bits per heavy atom. The first kappa shape index (κ1) is 12.9. The fourth-order valence-electron chi connectivity index (χ4n) is 1.45. The standard InChI is InChI=1S/C13H9F3N2O/c14-8-2-4-12(10(16)6-8)18-13(19)7-1-3-11(17)9(15)5-7/h1-6H,17H2,(H,18,19). The average molecular weight is 266 g/mol. The average Bonchev–Trinajstić information content (AvgIpc) is 2.36. The third-order valence-corrected chi connectivity index (χ3v) is 2.44. The first-order chi connectivity index (χ1) is 8.97. The van der Waals surface area contributed by atoms with Crippen LogP contribution in [0.4, 0.5) is 24.5 Å². The van der Waals surface area contributed by atoms with Crippen molar-refractivity contribution in [3.05, 3.63) is 59.4 Å². The van der Waals surface area contributed by atoms with Crippen LogP contribution in [0.2, 0.25) is 0 Å². The number of nitrogens with one attached hydrogen (secondary N) is 1. The first-order valence-electron chi connectivity index (χ1n) is 5.29. The van der Waals surface area contributed by atoms with Crippen molar-refractivity contribution in [3.8, 4) is 0 Å². The highest BCUT2D eigenvalue weighted by Crippen LogP contribution is 2.17. The van der Waals surface area contributed by atoms with Crippen molar-refractivity contribution < 1.29 is 18.0 Å². The van der Waals surface area contributed by atoms with Crippen LogP contribution >= 0.6 is 0 Å². The number of anilines is 2. The summed E-state index contributed by atoms with van der Waals surface area (Å²) in [5, 5.41) is 2.21. The lowest BCUT2D eigenvalue weighted by atomic mass is 10.2. The van der Waals surface area contributed by atoms with Gasteiger partial charge in [0.1, 0.15) is 17.5 Å². The normalized spacial score (nSPS) is 10.3. The van der Waals surface area contributed by atoms with Gasteiger partial charge in [0, 0.05) is 11.6 Å². The minimum absolute atomic E-state index is 0.0181. The Hall–Kier alpha value is -2.50. The lowest BCUT2D eigenvalue weighted by Crippen LogP contribution is -2.13. The van der Waals surface area contributed by atoms with Gasteiger partial charge in [-0.2, -0.15) is 0 Å². The number of nitrogens with two attached hydrogens (primary N) is 1. The van der Waals surface area contributed by atoms with E-state index in [1.807, 2.05) is 0 Å². The first-order valence-corrected chi connectivity index (χ1v) is 5.29. The zero-order valence-electron chi connectivity index (χ0n) is 9.58. The van der Waals surface area contributed by atoms with E-state index < -0.39 is 23.4 Å². The molecule has 0 aliphatic carbocycles. The predicted molar refractivity (Wildman–Crippen MR) is 65.1 cm³/mol. The number of hydrogen-bond donors (Lipinski definition) is 2. The van der Waals surface area contributed by atoms with Gasteiger partial charge in [-0.25, -0.2) is 13.2 Å². The van der Waals surface area contributed by atoms with Crippen LogP contribution < -0.4 is 11.1 Å². The maximum atomic E-state index is 13.3. The fourth-order valence-corrected chi connectivity index (χ4v) is 1.45. The molecule has 2 rings (SSSR count). The van der Waals surface area contributed by atoms with Gasteiger partial charge < -0.3 is 11.1 Å². The second-order valence-electron chi connectivity index (χ2n) is 3.81. The summed E-state index contributed by atoms with van der Waals surface area (Å²) in [6.07, 6.45) is 0. The summed E-state index contributed by atoms with van der Waals surface area (Å²) in [5.74, 6) is -3.13. The second kappa shape index (κ2) is 5.01. The van der Waals surface area contributed by atoms with Crippen molar-refractivity contribution in [2.45, 2.75) is 0 Å². The molecule has 0 aromatic heterocycles. The smallest absolute Gasteiger partial charge is 0.255 e. The molecule has 0 bridgehead atoms. The highest BCUT2D eigenvalue weighted by molar-refractivity contribution is 6.04. The molecule has 0 radical (unpaired) electrons. The van der Waals surface area contributed by atoms with Crippen LogP contribution in [-0.4, -0.2) is 5.91 Å². The summed E-state index contributed by atoms with van der Waals surface area (Å²) >= 11 is 0. The van der Waals surface area contributed by atoms with Crippen LogP contribution in [0.15, 0.2) is 36.4 Å². The molecule has 0 aliphatic heterocycles. The highest BCUT2D eigenvalue weighted by atomic mass is 19.1. The van der Waals surface area contributed by atoms with Gasteiger partial charge in [0.15, 0.2) is 0 Å². The zero-order chi connectivity index (χ0) is 14.0. The molecule has 6 heteroatoms. The number of rotatable bonds is 2. The number of amides is 1. The Morgan fingerprint density at radius 3 is 2.37 bits per heavy atom. The molecule has 0 saturated carbocycles. The third-order valence-electron chi connectivity index (χ3n) is 2.44. The lowest BCUT2D eigenvalue weighted by Gasteiger charge is -2.07. The molecule has 3 N–H and O–H groups in total. The van der Waals surface area contributed by atoms with Crippen molar-refractivity contribution in [2.24, 2.45) is 0 Å². The number of benzene rings is 2. The molecule has 1 amide bonds. The number of carbonyl (C=O) groups is 1. The molecule has 2 aromatic carbocycles. The van der Waals surface area contributed by atoms with Gasteiger partial charge in [0.2, 0.25) is 0 Å². The van der Waals surface area contributed by atoms with E-state index in [4.69, 9.17) is 5.73 Å². The quantitative estimate of drug-likeness (QED) is 0.821. The Morgan fingerprint density at radius 2 is 1.74 bits per heavy atom. The van der Waals surface area contributed by atoms with Crippen LogP contribution in [0.1, 0.15) is 10.4 Å². The van der Waals surface area contributed by atoms with E-state index in [9.17, 15) is 18.0 Å². The van der Waals surface area contributed by atoms with Crippen LogP contribution in [0.25, 0.3) is 0 Å². The Kier molecular flexibility index (Phi) is 3.41. The molecular formula is C13H9F3N2O. The molecule has 0 aliphatic rings. The van der Waals surface area contributed by atoms with Crippen molar-refractivity contribution in [2.75, 3.05) is 11.1 Å². The number of carbonyl (C=O) groups excluding carboxylic acids is 1. The van der Waals surface area contributed by atoms with Crippen LogP contribution in [0.3, 0.4) is 0 Å². The molecule has 0 unspecified atom stereocenters. The van der Waals surface area contributed by atoms with E-state index in [0.29, 0.717) is 6.07 Å². The molecule has 2 aromatic rings. The number of nitrogen functional groups attached to an aromatic ring is 1. The minimum atomic E-state index is -0.913. The second-order valence-corrected chi connectivity index (χ2v) is 3.81. The van der Waals surface area contributed by atoms with Gasteiger partial charge in [-0.3, -0.25) is 4.79 Å². The predicted octanol–water partition coefficient (Wildman–Crippen LogP) is 2.94. The molecule has 0 fully saturated rings. The molecule has 3 nitrogen and oxygen atoms in total. The molecule has 0 heterocycles. The highest BCUT2D eigenvalue weighted by Gasteiger charge is 2.11. The maximum absolute atomic E-state index is 13.3. The van der Waals surface area contributed by atoms with E-state index in [-0.39, 0.29) is 16.9 Å². The van der Waals surface area contributed by atoms with E-state index in [0.717, 1.165) is 18.2 Å². The van der Waals surface area contributed by atoms with E-state index >= 15 is 0 Å². The Bertz CT molecular complexity index is 644. The molecule has 98 valence electrons. The Balaban J connectivity index is 2.23. The SMILES string of the molecule is Nc1ccc(C(=O)Nc2ccc(F)cc2F)cc1F. The minimum Gasteiger partial charge on any atom is -0.396 e. The summed E-state index contributed by atoms with van der Waals surface area (Å²) in [6.45, 7) is 0. The van der Waals surface area contributed by atoms with Crippen LogP contribution in [0.5, 0.6) is 0 Å². The molecule has 19 heavy (non-hydrogen) atoms. The summed E-state index contributed by atoms with van der Waals surface area (Å²) in [4.78, 5) is 11.7. The fraction of sp³-hybridized carbons (Fsp3) is 0. The van der Waals surface area contributed by atoms with Crippen LogP contribution in [0, 0.1) is 17.5 Å². The van der Waals surface area contributed by atoms with E-state index in [1.165, 1.54) is 12.1 Å². The van der Waals surface area contributed by atoms with Gasteiger partial charge in [-0.05, 0) is 30.3 Å². The van der Waals surface area contributed by atoms with Gasteiger partial charge in [0.25, 0.3) is 5.91 Å². The number of halogens is 3. The summed E-state index contributed by atoms with van der Waals surface area (Å²) in [5.41, 5.74) is 4.97. The van der Waals surface area contributed by atoms with Crippen molar-refractivity contribution in [3.63, 3.8) is 0 Å². The maximum Gasteiger partial charge on any atom is 0.255 e. The third kappa shape index (κ3) is 2.85.